The average molecular weight is 665 g/mol. The van der Waals surface area contributed by atoms with Gasteiger partial charge in [0, 0.05) is 6.42 Å². The molecule has 1 aromatic carbocycles. The average Bonchev–Trinajstić information content (AvgIpc) is 3.37. The molecule has 0 spiro atoms. The second-order valence-corrected chi connectivity index (χ2v) is 25.4. The van der Waals surface area contributed by atoms with E-state index < -0.39 is 33.9 Å². The maximum atomic E-state index is 12.6. The quantitative estimate of drug-likeness (QED) is 0.199. The summed E-state index contributed by atoms with van der Waals surface area (Å²) in [5.74, 6) is 0.371. The highest BCUT2D eigenvalue weighted by molar-refractivity contribution is 9.10. The number of nitrogens with zero attached hydrogens (tertiary/aromatic N) is 4. The molecular formula is C29H46BrN5O4Si2. The summed E-state index contributed by atoms with van der Waals surface area (Å²) in [7, 11) is -4.47. The lowest BCUT2D eigenvalue weighted by atomic mass is 10.1. The van der Waals surface area contributed by atoms with E-state index >= 15 is 0 Å². The molecule has 3 aromatic rings. The van der Waals surface area contributed by atoms with Crippen LogP contribution in [0.15, 0.2) is 35.1 Å². The zero-order valence-electron chi connectivity index (χ0n) is 26.1. The van der Waals surface area contributed by atoms with Crippen LogP contribution in [-0.4, -0.2) is 59.0 Å². The second kappa shape index (κ2) is 11.0. The number of nitrogen functional groups attached to an aromatic ring is 1. The first-order valence-electron chi connectivity index (χ1n) is 14.2. The highest BCUT2D eigenvalue weighted by Gasteiger charge is 2.62. The number of aromatic nitrogens is 4. The number of rotatable bonds is 8. The molecule has 3 atom stereocenters. The van der Waals surface area contributed by atoms with Crippen LogP contribution in [-0.2, 0) is 15.8 Å². The smallest absolute Gasteiger partial charge is 0.247 e. The number of fused-ring (bicyclic) bond motifs is 1. The fourth-order valence-electron chi connectivity index (χ4n) is 4.90. The van der Waals surface area contributed by atoms with E-state index in [1.807, 2.05) is 34.9 Å². The van der Waals surface area contributed by atoms with Crippen LogP contribution in [0.25, 0.3) is 11.2 Å². The summed E-state index contributed by atoms with van der Waals surface area (Å²) in [5, 5.41) is 11.5. The Labute approximate surface area is 254 Å². The molecule has 0 radical (unpaired) electrons. The number of halogens is 1. The summed E-state index contributed by atoms with van der Waals surface area (Å²) in [6.07, 6.45) is -0.680. The van der Waals surface area contributed by atoms with Crippen molar-refractivity contribution in [2.24, 2.45) is 0 Å². The third-order valence-corrected chi connectivity index (χ3v) is 21.2. The first-order chi connectivity index (χ1) is 18.8. The van der Waals surface area contributed by atoms with Gasteiger partial charge in [0.2, 0.25) is 11.8 Å². The van der Waals surface area contributed by atoms with Gasteiger partial charge in [-0.25, -0.2) is 4.98 Å². The third kappa shape index (κ3) is 6.01. The number of hydrogen-bond acceptors (Lipinski definition) is 8. The van der Waals surface area contributed by atoms with Gasteiger partial charge in [-0.05, 0) is 44.7 Å². The molecule has 3 heterocycles. The van der Waals surface area contributed by atoms with Gasteiger partial charge in [0.1, 0.15) is 18.9 Å². The Kier molecular flexibility index (Phi) is 8.62. The Morgan fingerprint density at radius 1 is 1.05 bits per heavy atom. The molecule has 2 aromatic heterocycles. The molecule has 12 heteroatoms. The molecule has 226 valence electrons. The number of imidazole rings is 1. The van der Waals surface area contributed by atoms with E-state index in [0.717, 1.165) is 5.56 Å². The molecule has 0 amide bonds. The second-order valence-electron chi connectivity index (χ2n) is 14.2. The lowest BCUT2D eigenvalue weighted by molar-refractivity contribution is -0.0554. The van der Waals surface area contributed by atoms with E-state index in [0.29, 0.717) is 41.4 Å². The van der Waals surface area contributed by atoms with Gasteiger partial charge in [-0.15, -0.1) is 0 Å². The molecule has 3 N–H and O–H groups in total. The molecule has 1 fully saturated rings. The number of benzene rings is 1. The van der Waals surface area contributed by atoms with Gasteiger partial charge < -0.3 is 24.7 Å². The summed E-state index contributed by atoms with van der Waals surface area (Å²) < 4.78 is 21.8. The molecule has 1 aliphatic rings. The predicted molar refractivity (Wildman–Crippen MR) is 172 cm³/mol. The van der Waals surface area contributed by atoms with Crippen LogP contribution in [0.4, 0.5) is 5.95 Å². The standard InChI is InChI=1S/C29H46BrN5O4Si2/c1-27(2,3)40(7,8)29(36)16-21(39-20(29)18-38-41(9,10)28(4,5)6)35-23-22(32-25(35)30)24(34-26(31)33-23)37-17-19-14-12-11-13-15-19/h11-15,20-21,36H,16-18H2,1-10H3,(H2,31,33,34)/t20-,21-,29-/m1/s1. The Balaban J connectivity index is 1.73. The SMILES string of the molecule is CC(C)(C)[Si](C)(C)OC[C@H]1O[C@@H](n2c(Br)nc3c(OCc4ccccc4)nc(N)nc32)C[C@@]1(O)[Si](C)(C)C(C)(C)C. The third-order valence-electron chi connectivity index (χ3n) is 9.69. The maximum Gasteiger partial charge on any atom is 0.247 e. The molecular weight excluding hydrogens is 618 g/mol. The Morgan fingerprint density at radius 3 is 2.27 bits per heavy atom. The minimum atomic E-state index is -2.38. The summed E-state index contributed by atoms with van der Waals surface area (Å²) in [6.45, 7) is 22.9. The zero-order valence-corrected chi connectivity index (χ0v) is 29.7. The monoisotopic (exact) mass is 663 g/mol. The molecule has 0 unspecified atom stereocenters. The Bertz CT molecular complexity index is 1390. The van der Waals surface area contributed by atoms with Crippen LogP contribution in [0, 0.1) is 0 Å². The van der Waals surface area contributed by atoms with Gasteiger partial charge in [-0.3, -0.25) is 4.57 Å². The van der Waals surface area contributed by atoms with Crippen LogP contribution >= 0.6 is 15.9 Å². The number of ether oxygens (including phenoxy) is 2. The Morgan fingerprint density at radius 2 is 1.68 bits per heavy atom. The van der Waals surface area contributed by atoms with Crippen molar-refractivity contribution in [2.45, 2.75) is 108 Å². The summed E-state index contributed by atoms with van der Waals surface area (Å²) in [6, 6.07) is 9.84. The van der Waals surface area contributed by atoms with Crippen molar-refractivity contribution in [1.29, 1.82) is 0 Å². The summed E-state index contributed by atoms with van der Waals surface area (Å²) in [5.41, 5.74) is 8.12. The van der Waals surface area contributed by atoms with Crippen molar-refractivity contribution in [1.82, 2.24) is 19.5 Å². The van der Waals surface area contributed by atoms with Gasteiger partial charge in [0.25, 0.3) is 0 Å². The van der Waals surface area contributed by atoms with E-state index in [1.165, 1.54) is 0 Å². The fraction of sp³-hybridized carbons (Fsp3) is 0.621. The number of aliphatic hydroxyl groups is 1. The van der Waals surface area contributed by atoms with E-state index in [9.17, 15) is 5.11 Å². The Hall–Kier alpha value is -1.84. The molecule has 0 bridgehead atoms. The lowest BCUT2D eigenvalue weighted by Gasteiger charge is -2.49. The molecule has 4 rings (SSSR count). The van der Waals surface area contributed by atoms with Gasteiger partial charge in [0.15, 0.2) is 24.2 Å². The van der Waals surface area contributed by atoms with E-state index in [-0.39, 0.29) is 16.0 Å². The van der Waals surface area contributed by atoms with E-state index in [2.05, 4.69) is 93.6 Å². The summed E-state index contributed by atoms with van der Waals surface area (Å²) >= 11 is 3.63. The number of anilines is 1. The van der Waals surface area contributed by atoms with Crippen molar-refractivity contribution >= 4 is 49.4 Å². The van der Waals surface area contributed by atoms with E-state index in [4.69, 9.17) is 24.6 Å². The highest BCUT2D eigenvalue weighted by atomic mass is 79.9. The van der Waals surface area contributed by atoms with Gasteiger partial charge in [0.05, 0.1) is 19.9 Å². The minimum Gasteiger partial charge on any atom is -0.471 e. The first-order valence-corrected chi connectivity index (χ1v) is 20.9. The first kappa shape index (κ1) is 32.1. The van der Waals surface area contributed by atoms with Crippen molar-refractivity contribution in [2.75, 3.05) is 12.3 Å². The van der Waals surface area contributed by atoms with Crippen LogP contribution in [0.1, 0.15) is 59.8 Å². The number of hydrogen-bond donors (Lipinski definition) is 2. The lowest BCUT2D eigenvalue weighted by Crippen LogP contribution is -2.65. The molecule has 9 nitrogen and oxygen atoms in total. The van der Waals surface area contributed by atoms with Crippen molar-refractivity contribution < 1.29 is 19.0 Å². The fourth-order valence-corrected chi connectivity index (χ4v) is 9.42. The maximum absolute atomic E-state index is 12.6. The van der Waals surface area contributed by atoms with Gasteiger partial charge in [-0.2, -0.15) is 9.97 Å². The van der Waals surface area contributed by atoms with Gasteiger partial charge >= 0.3 is 0 Å². The molecule has 1 saturated heterocycles. The molecule has 41 heavy (non-hydrogen) atoms. The van der Waals surface area contributed by atoms with Crippen LogP contribution < -0.4 is 10.5 Å². The summed E-state index contributed by atoms with van der Waals surface area (Å²) in [4.78, 5) is 13.6. The van der Waals surface area contributed by atoms with Crippen LogP contribution in [0.5, 0.6) is 5.88 Å². The van der Waals surface area contributed by atoms with Crippen molar-refractivity contribution in [3.8, 4) is 5.88 Å². The largest absolute Gasteiger partial charge is 0.471 e. The predicted octanol–water partition coefficient (Wildman–Crippen LogP) is 6.84. The van der Waals surface area contributed by atoms with Crippen LogP contribution in [0.2, 0.25) is 36.3 Å². The highest BCUT2D eigenvalue weighted by Crippen LogP contribution is 2.52. The molecule has 0 aliphatic carbocycles. The topological polar surface area (TPSA) is 118 Å². The van der Waals surface area contributed by atoms with Gasteiger partial charge in [-0.1, -0.05) is 85.0 Å². The normalized spacial score (nSPS) is 22.4. The van der Waals surface area contributed by atoms with Crippen LogP contribution in [0.3, 0.4) is 0 Å². The van der Waals surface area contributed by atoms with Crippen molar-refractivity contribution in [3.63, 3.8) is 0 Å². The van der Waals surface area contributed by atoms with Crippen molar-refractivity contribution in [3.05, 3.63) is 40.6 Å². The number of nitrogens with two attached hydrogens (primary N) is 1. The zero-order chi connectivity index (χ0) is 30.6. The minimum absolute atomic E-state index is 0.0360. The molecule has 1 aliphatic heterocycles. The van der Waals surface area contributed by atoms with E-state index in [1.54, 1.807) is 0 Å². The molecule has 0 saturated carbocycles.